The smallest absolute Gasteiger partial charge is 0.268 e. The average Bonchev–Trinajstić information content (AvgIpc) is 1.30. The zero-order valence-electron chi connectivity index (χ0n) is 4.66. The first-order valence-electron chi connectivity index (χ1n) is 1.62. The monoisotopic (exact) mass is 147 g/mol. The number of rotatable bonds is 2. The van der Waals surface area contributed by atoms with Gasteiger partial charge in [-0.3, -0.25) is 4.55 Å². The van der Waals surface area contributed by atoms with Gasteiger partial charge in [0.05, 0.1) is 5.75 Å². The minimum atomic E-state index is -3.79. The first kappa shape index (κ1) is 11.4. The van der Waals surface area contributed by atoms with Crippen molar-refractivity contribution in [3.8, 4) is 0 Å². The van der Waals surface area contributed by atoms with Gasteiger partial charge >= 0.3 is 0 Å². The van der Waals surface area contributed by atoms with Crippen molar-refractivity contribution in [1.82, 2.24) is 0 Å². The molecule has 0 heterocycles. The van der Waals surface area contributed by atoms with Gasteiger partial charge in [-0.1, -0.05) is 6.08 Å². The zero-order valence-corrected chi connectivity index (χ0v) is 7.48. The molecule has 0 unspecified atom stereocenters. The second-order valence-electron chi connectivity index (χ2n) is 1.04. The van der Waals surface area contributed by atoms with E-state index >= 15 is 0 Å². The van der Waals surface area contributed by atoms with Gasteiger partial charge in [-0.15, -0.1) is 6.58 Å². The maximum absolute atomic E-state index is 9.72. The van der Waals surface area contributed by atoms with E-state index in [1.54, 1.807) is 0 Å². The Kier molecular flexibility index (Phi) is 6.47. The Morgan fingerprint density at radius 2 is 2.12 bits per heavy atom. The van der Waals surface area contributed by atoms with E-state index in [4.69, 9.17) is 4.55 Å². The molecule has 1 N–H and O–H groups in total. The molecule has 0 aromatic rings. The second-order valence-corrected chi connectivity index (χ2v) is 2.53. The summed E-state index contributed by atoms with van der Waals surface area (Å²) in [6, 6.07) is 0. The summed E-state index contributed by atoms with van der Waals surface area (Å²) in [4.78, 5) is 0. The molecule has 0 aliphatic carbocycles. The average molecular weight is 147 g/mol. The molecule has 5 heteroatoms. The molecule has 0 bridgehead atoms. The Bertz CT molecular complexity index is 152. The SMILES string of the molecule is C=CCS(=O)(=O)O.[HH].[Na]. The molecule has 1 radical (unpaired) electrons. The summed E-state index contributed by atoms with van der Waals surface area (Å²) >= 11 is 0. The van der Waals surface area contributed by atoms with Crippen LogP contribution < -0.4 is 0 Å². The Hall–Kier alpha value is 0.650. The fourth-order valence-corrected chi connectivity index (χ4v) is 0.447. The summed E-state index contributed by atoms with van der Waals surface area (Å²) in [5.74, 6) is -0.368. The summed E-state index contributed by atoms with van der Waals surface area (Å²) in [5, 5.41) is 0. The van der Waals surface area contributed by atoms with E-state index in [9.17, 15) is 8.42 Å². The zero-order chi connectivity index (χ0) is 5.91. The van der Waals surface area contributed by atoms with Crippen molar-refractivity contribution in [3.63, 3.8) is 0 Å². The van der Waals surface area contributed by atoms with Crippen molar-refractivity contribution >= 4 is 39.7 Å². The van der Waals surface area contributed by atoms with E-state index in [0.29, 0.717) is 0 Å². The summed E-state index contributed by atoms with van der Waals surface area (Å²) in [7, 11) is -3.79. The molecule has 0 aromatic heterocycles. The Morgan fingerprint density at radius 3 is 2.12 bits per heavy atom. The molecule has 0 amide bonds. The van der Waals surface area contributed by atoms with Gasteiger partial charge < -0.3 is 0 Å². The van der Waals surface area contributed by atoms with E-state index in [0.717, 1.165) is 6.08 Å². The molecule has 0 fully saturated rings. The summed E-state index contributed by atoms with van der Waals surface area (Å²) in [6.45, 7) is 3.11. The van der Waals surface area contributed by atoms with Gasteiger partial charge in [0.25, 0.3) is 10.1 Å². The van der Waals surface area contributed by atoms with E-state index < -0.39 is 10.1 Å². The number of hydrogen-bond acceptors (Lipinski definition) is 2. The largest absolute Gasteiger partial charge is 0.285 e. The predicted octanol–water partition coefficient (Wildman–Crippen LogP) is -0.0746. The van der Waals surface area contributed by atoms with Crippen molar-refractivity contribution in [2.75, 3.05) is 5.75 Å². The Labute approximate surface area is 72.3 Å². The molecule has 45 valence electrons. The molecule has 0 rings (SSSR count). The minimum Gasteiger partial charge on any atom is -0.285 e. The van der Waals surface area contributed by atoms with Crippen molar-refractivity contribution in [1.29, 1.82) is 0 Å². The third-order valence-electron chi connectivity index (χ3n) is 0.328. The fraction of sp³-hybridized carbons (Fsp3) is 0.333. The van der Waals surface area contributed by atoms with Crippen LogP contribution in [-0.2, 0) is 10.1 Å². The molecule has 0 spiro atoms. The molecule has 0 saturated carbocycles. The van der Waals surface area contributed by atoms with Gasteiger partial charge in [0.2, 0.25) is 0 Å². The van der Waals surface area contributed by atoms with Gasteiger partial charge in [-0.25, -0.2) is 0 Å². The van der Waals surface area contributed by atoms with Crippen LogP contribution in [0, 0.1) is 0 Å². The van der Waals surface area contributed by atoms with Gasteiger partial charge in [0, 0.05) is 31.0 Å². The van der Waals surface area contributed by atoms with Crippen molar-refractivity contribution in [3.05, 3.63) is 12.7 Å². The normalized spacial score (nSPS) is 9.62. The Balaban J connectivity index is -0.000000180. The molecule has 0 atom stereocenters. The minimum absolute atomic E-state index is 0. The topological polar surface area (TPSA) is 54.4 Å². The molecule has 8 heavy (non-hydrogen) atoms. The molecule has 0 aliphatic heterocycles. The first-order valence-corrected chi connectivity index (χ1v) is 3.23. The van der Waals surface area contributed by atoms with Crippen LogP contribution in [0.15, 0.2) is 12.7 Å². The molecule has 3 nitrogen and oxygen atoms in total. The quantitative estimate of drug-likeness (QED) is 0.338. The molecular weight excluding hydrogens is 139 g/mol. The van der Waals surface area contributed by atoms with Gasteiger partial charge in [-0.05, 0) is 0 Å². The van der Waals surface area contributed by atoms with Crippen LogP contribution >= 0.6 is 0 Å². The Morgan fingerprint density at radius 1 is 1.75 bits per heavy atom. The van der Waals surface area contributed by atoms with Gasteiger partial charge in [0.15, 0.2) is 0 Å². The third kappa shape index (κ3) is 9.82. The maximum Gasteiger partial charge on any atom is 0.268 e. The van der Waals surface area contributed by atoms with Gasteiger partial charge in [0.1, 0.15) is 0 Å². The summed E-state index contributed by atoms with van der Waals surface area (Å²) in [6.07, 6.45) is 1.12. The van der Waals surface area contributed by atoms with Crippen molar-refractivity contribution in [2.24, 2.45) is 0 Å². The third-order valence-corrected chi connectivity index (χ3v) is 0.985. The van der Waals surface area contributed by atoms with Crippen LogP contribution in [0.4, 0.5) is 0 Å². The van der Waals surface area contributed by atoms with E-state index in [2.05, 4.69) is 6.58 Å². The van der Waals surface area contributed by atoms with E-state index in [1.165, 1.54) is 0 Å². The number of hydrogen-bond donors (Lipinski definition) is 1. The fourth-order valence-electron chi connectivity index (χ4n) is 0.149. The van der Waals surface area contributed by atoms with E-state index in [1.807, 2.05) is 0 Å². The van der Waals surface area contributed by atoms with Crippen molar-refractivity contribution in [2.45, 2.75) is 0 Å². The second kappa shape index (κ2) is 4.52. The molecule has 0 aromatic carbocycles. The molecule has 0 saturated heterocycles. The van der Waals surface area contributed by atoms with Crippen molar-refractivity contribution < 1.29 is 14.4 Å². The van der Waals surface area contributed by atoms with Crippen LogP contribution in [-0.4, -0.2) is 48.3 Å². The van der Waals surface area contributed by atoms with Crippen LogP contribution in [0.1, 0.15) is 1.43 Å². The van der Waals surface area contributed by atoms with Crippen LogP contribution in [0.2, 0.25) is 0 Å². The standard InChI is InChI=1S/C3H6O3S.Na.H2/c1-2-3-7(4,5)6;;/h2H,1,3H2,(H,4,5,6);;1H. The predicted molar refractivity (Wildman–Crippen MR) is 34.5 cm³/mol. The maximum atomic E-state index is 9.72. The van der Waals surface area contributed by atoms with Gasteiger partial charge in [-0.2, -0.15) is 8.42 Å². The molecular formula is C3H8NaO3S. The summed E-state index contributed by atoms with van der Waals surface area (Å²) in [5.41, 5.74) is 0. The van der Waals surface area contributed by atoms with Crippen LogP contribution in [0.3, 0.4) is 0 Å². The van der Waals surface area contributed by atoms with Crippen LogP contribution in [0.25, 0.3) is 0 Å². The molecule has 0 aliphatic rings. The first-order chi connectivity index (χ1) is 3.06. The van der Waals surface area contributed by atoms with E-state index in [-0.39, 0.29) is 36.7 Å². The van der Waals surface area contributed by atoms with Crippen LogP contribution in [0.5, 0.6) is 0 Å². The summed E-state index contributed by atoms with van der Waals surface area (Å²) < 4.78 is 27.3.